The third-order valence-corrected chi connectivity index (χ3v) is 8.15. The Bertz CT molecular complexity index is 1860. The molecule has 0 spiro atoms. The van der Waals surface area contributed by atoms with Crippen LogP contribution >= 0.6 is 11.6 Å². The second-order valence-corrected chi connectivity index (χ2v) is 10.9. The number of carboxylic acid groups (broad SMARTS) is 1. The molecule has 0 saturated carbocycles. The van der Waals surface area contributed by atoms with Gasteiger partial charge in [0, 0.05) is 33.7 Å². The molecule has 1 heterocycles. The van der Waals surface area contributed by atoms with Gasteiger partial charge in [-0.1, -0.05) is 54.1 Å². The van der Waals surface area contributed by atoms with Crippen LogP contribution in [0.5, 0.6) is 0 Å². The molecule has 5 rings (SSSR count). The molecular formula is C34H28ClF3N2O3. The van der Waals surface area contributed by atoms with Gasteiger partial charge in [-0.3, -0.25) is 4.79 Å². The molecule has 0 bridgehead atoms. The van der Waals surface area contributed by atoms with Crippen LogP contribution in [0.2, 0.25) is 5.02 Å². The van der Waals surface area contributed by atoms with Crippen LogP contribution < -0.4 is 5.32 Å². The highest BCUT2D eigenvalue weighted by Crippen LogP contribution is 2.34. The van der Waals surface area contributed by atoms with Gasteiger partial charge in [-0.05, 0) is 91.1 Å². The first kappa shape index (κ1) is 29.9. The fourth-order valence-electron chi connectivity index (χ4n) is 5.30. The summed E-state index contributed by atoms with van der Waals surface area (Å²) in [6.07, 6.45) is -4.52. The third kappa shape index (κ3) is 6.01. The molecule has 2 N–H and O–H groups in total. The fourth-order valence-corrected chi connectivity index (χ4v) is 5.58. The summed E-state index contributed by atoms with van der Waals surface area (Å²) in [6.45, 7) is 6.14. The molecule has 9 heteroatoms. The lowest BCUT2D eigenvalue weighted by Gasteiger charge is -2.18. The number of rotatable bonds is 7. The number of alkyl halides is 3. The molecule has 0 aliphatic heterocycles. The van der Waals surface area contributed by atoms with Crippen LogP contribution in [0.25, 0.3) is 22.0 Å². The standard InChI is InChI=1S/C34H28ClF3N2O3/c1-19-21(3)40(18-22-8-10-23(11-9-22)26-6-4-5-7-27(26)33(42)43)31-15-12-24(16-28(19)31)32(41)39-20(2)29-17-25(34(36,37)38)13-14-30(29)35/h4-17,20H,18H2,1-3H3,(H,39,41)(H,42,43). The highest BCUT2D eigenvalue weighted by atomic mass is 35.5. The summed E-state index contributed by atoms with van der Waals surface area (Å²) in [5, 5.41) is 13.3. The van der Waals surface area contributed by atoms with Crippen molar-refractivity contribution < 1.29 is 27.9 Å². The SMILES string of the molecule is Cc1c(C)n(Cc2ccc(-c3ccccc3C(=O)O)cc2)c2ccc(C(=O)NC(C)c3cc(C(F)(F)F)ccc3Cl)cc12. The number of carbonyl (C=O) groups excluding carboxylic acids is 1. The Hall–Kier alpha value is -4.56. The number of carboxylic acids is 1. The van der Waals surface area contributed by atoms with Crippen molar-refractivity contribution in [2.45, 2.75) is 39.5 Å². The predicted molar refractivity (Wildman–Crippen MR) is 162 cm³/mol. The summed E-state index contributed by atoms with van der Waals surface area (Å²) in [6, 6.07) is 22.3. The number of hydrogen-bond donors (Lipinski definition) is 2. The van der Waals surface area contributed by atoms with Crippen LogP contribution in [0, 0.1) is 13.8 Å². The van der Waals surface area contributed by atoms with Crippen molar-refractivity contribution >= 4 is 34.4 Å². The Balaban J connectivity index is 1.38. The number of halogens is 4. The van der Waals surface area contributed by atoms with E-state index in [0.717, 1.165) is 45.4 Å². The van der Waals surface area contributed by atoms with Crippen molar-refractivity contribution in [3.05, 3.63) is 129 Å². The molecule has 4 aromatic carbocycles. The monoisotopic (exact) mass is 604 g/mol. The molecule has 1 aromatic heterocycles. The molecular weight excluding hydrogens is 577 g/mol. The van der Waals surface area contributed by atoms with Crippen molar-refractivity contribution in [1.29, 1.82) is 0 Å². The zero-order valence-corrected chi connectivity index (χ0v) is 24.3. The fraction of sp³-hybridized carbons (Fsp3) is 0.176. The number of aromatic nitrogens is 1. The van der Waals surface area contributed by atoms with E-state index in [1.165, 1.54) is 6.07 Å². The molecule has 5 aromatic rings. The lowest BCUT2D eigenvalue weighted by molar-refractivity contribution is -0.137. The van der Waals surface area contributed by atoms with E-state index in [9.17, 15) is 27.9 Å². The maximum absolute atomic E-state index is 13.2. The van der Waals surface area contributed by atoms with E-state index in [1.54, 1.807) is 37.3 Å². The van der Waals surface area contributed by atoms with E-state index in [4.69, 9.17) is 11.6 Å². The Morgan fingerprint density at radius 3 is 2.33 bits per heavy atom. The average Bonchev–Trinajstić information content (AvgIpc) is 3.21. The quantitative estimate of drug-likeness (QED) is 0.195. The highest BCUT2D eigenvalue weighted by molar-refractivity contribution is 6.31. The molecule has 0 radical (unpaired) electrons. The minimum Gasteiger partial charge on any atom is -0.478 e. The number of carbonyl (C=O) groups is 2. The first-order valence-electron chi connectivity index (χ1n) is 13.5. The van der Waals surface area contributed by atoms with Crippen molar-refractivity contribution in [3.8, 4) is 11.1 Å². The molecule has 0 saturated heterocycles. The van der Waals surface area contributed by atoms with Gasteiger partial charge in [0.15, 0.2) is 0 Å². The van der Waals surface area contributed by atoms with Gasteiger partial charge in [0.1, 0.15) is 0 Å². The summed E-state index contributed by atoms with van der Waals surface area (Å²) in [4.78, 5) is 24.8. The molecule has 1 amide bonds. The van der Waals surface area contributed by atoms with Crippen LogP contribution in [0.1, 0.15) is 61.6 Å². The molecule has 5 nitrogen and oxygen atoms in total. The average molecular weight is 605 g/mol. The maximum atomic E-state index is 13.2. The molecule has 220 valence electrons. The van der Waals surface area contributed by atoms with Crippen LogP contribution in [0.4, 0.5) is 13.2 Å². The number of benzene rings is 4. The normalized spacial score (nSPS) is 12.3. The first-order valence-corrected chi connectivity index (χ1v) is 13.9. The molecule has 0 aliphatic rings. The van der Waals surface area contributed by atoms with E-state index in [2.05, 4.69) is 9.88 Å². The van der Waals surface area contributed by atoms with E-state index in [-0.39, 0.29) is 16.1 Å². The van der Waals surface area contributed by atoms with Crippen molar-refractivity contribution in [1.82, 2.24) is 9.88 Å². The third-order valence-electron chi connectivity index (χ3n) is 7.80. The minimum absolute atomic E-state index is 0.138. The number of aromatic carboxylic acids is 1. The number of nitrogens with one attached hydrogen (secondary N) is 1. The lowest BCUT2D eigenvalue weighted by atomic mass is 9.99. The van der Waals surface area contributed by atoms with E-state index < -0.39 is 29.7 Å². The summed E-state index contributed by atoms with van der Waals surface area (Å²) >= 11 is 6.17. The Morgan fingerprint density at radius 1 is 0.953 bits per heavy atom. The number of nitrogens with zero attached hydrogens (tertiary/aromatic N) is 1. The van der Waals surface area contributed by atoms with E-state index in [1.807, 2.05) is 50.2 Å². The van der Waals surface area contributed by atoms with Crippen molar-refractivity contribution in [2.75, 3.05) is 0 Å². The second-order valence-electron chi connectivity index (χ2n) is 10.5. The highest BCUT2D eigenvalue weighted by Gasteiger charge is 2.31. The van der Waals surface area contributed by atoms with Crippen molar-refractivity contribution in [3.63, 3.8) is 0 Å². The summed E-state index contributed by atoms with van der Waals surface area (Å²) in [5.74, 6) is -1.41. The lowest BCUT2D eigenvalue weighted by Crippen LogP contribution is -2.27. The smallest absolute Gasteiger partial charge is 0.416 e. The summed E-state index contributed by atoms with van der Waals surface area (Å²) in [5.41, 5.74) is 5.41. The number of amides is 1. The van der Waals surface area contributed by atoms with Crippen LogP contribution in [0.15, 0.2) is 84.9 Å². The Kier molecular flexibility index (Phi) is 8.08. The van der Waals surface area contributed by atoms with Gasteiger partial charge in [-0.2, -0.15) is 13.2 Å². The molecule has 0 fully saturated rings. The van der Waals surface area contributed by atoms with Crippen LogP contribution in [-0.2, 0) is 12.7 Å². The van der Waals surface area contributed by atoms with Gasteiger partial charge < -0.3 is 15.0 Å². The van der Waals surface area contributed by atoms with Gasteiger partial charge in [-0.15, -0.1) is 0 Å². The second kappa shape index (κ2) is 11.6. The molecule has 1 atom stereocenters. The number of aryl methyl sites for hydroxylation is 1. The van der Waals surface area contributed by atoms with Gasteiger partial charge in [0.25, 0.3) is 5.91 Å². The number of fused-ring (bicyclic) bond motifs is 1. The topological polar surface area (TPSA) is 71.3 Å². The molecule has 1 unspecified atom stereocenters. The van der Waals surface area contributed by atoms with Crippen LogP contribution in [0.3, 0.4) is 0 Å². The predicted octanol–water partition coefficient (Wildman–Crippen LogP) is 8.83. The summed E-state index contributed by atoms with van der Waals surface area (Å²) in [7, 11) is 0. The van der Waals surface area contributed by atoms with Gasteiger partial charge >= 0.3 is 12.1 Å². The minimum atomic E-state index is -4.52. The maximum Gasteiger partial charge on any atom is 0.416 e. The Morgan fingerprint density at radius 2 is 1.65 bits per heavy atom. The van der Waals surface area contributed by atoms with Gasteiger partial charge in [0.05, 0.1) is 17.2 Å². The molecule has 43 heavy (non-hydrogen) atoms. The zero-order chi connectivity index (χ0) is 31.1. The Labute approximate surface area is 251 Å². The largest absolute Gasteiger partial charge is 0.478 e. The van der Waals surface area contributed by atoms with Gasteiger partial charge in [-0.25, -0.2) is 4.79 Å². The first-order chi connectivity index (χ1) is 20.3. The van der Waals surface area contributed by atoms with Crippen LogP contribution in [-0.4, -0.2) is 21.6 Å². The van der Waals surface area contributed by atoms with Crippen molar-refractivity contribution in [2.24, 2.45) is 0 Å². The van der Waals surface area contributed by atoms with Gasteiger partial charge in [0.2, 0.25) is 0 Å². The zero-order valence-electron chi connectivity index (χ0n) is 23.6. The van der Waals surface area contributed by atoms with E-state index >= 15 is 0 Å². The van der Waals surface area contributed by atoms with E-state index in [0.29, 0.717) is 17.7 Å². The molecule has 0 aliphatic carbocycles. The summed E-state index contributed by atoms with van der Waals surface area (Å²) < 4.78 is 41.8. The number of hydrogen-bond acceptors (Lipinski definition) is 2.